The largest absolute Gasteiger partial charge is 0.493 e. The quantitative estimate of drug-likeness (QED) is 0.265. The van der Waals surface area contributed by atoms with Crippen LogP contribution in [0.2, 0.25) is 0 Å². The molecule has 0 saturated heterocycles. The predicted molar refractivity (Wildman–Crippen MR) is 169 cm³/mol. The first-order chi connectivity index (χ1) is 21.4. The number of benzene rings is 2. The third-order valence-corrected chi connectivity index (χ3v) is 9.97. The van der Waals surface area contributed by atoms with Crippen molar-refractivity contribution in [3.05, 3.63) is 76.0 Å². The molecule has 46 heavy (non-hydrogen) atoms. The molecule has 0 bridgehead atoms. The summed E-state index contributed by atoms with van der Waals surface area (Å²) in [4.78, 5) is 17.0. The Hall–Kier alpha value is -3.56. The van der Waals surface area contributed by atoms with Crippen molar-refractivity contribution in [1.29, 1.82) is 0 Å². The van der Waals surface area contributed by atoms with E-state index in [4.69, 9.17) is 14.2 Å². The van der Waals surface area contributed by atoms with Gasteiger partial charge in [0, 0.05) is 35.4 Å². The van der Waals surface area contributed by atoms with Crippen molar-refractivity contribution in [2.24, 2.45) is 17.8 Å². The molecule has 2 N–H and O–H groups in total. The van der Waals surface area contributed by atoms with Gasteiger partial charge in [0.1, 0.15) is 29.6 Å². The van der Waals surface area contributed by atoms with E-state index < -0.39 is 28.4 Å². The Bertz CT molecular complexity index is 1650. The highest BCUT2D eigenvalue weighted by Crippen LogP contribution is 2.62. The Morgan fingerprint density at radius 3 is 2.26 bits per heavy atom. The van der Waals surface area contributed by atoms with Gasteiger partial charge < -0.3 is 24.4 Å². The molecule has 1 heterocycles. The normalized spacial score (nSPS) is 28.1. The summed E-state index contributed by atoms with van der Waals surface area (Å²) in [6, 6.07) is 7.85. The smallest absolute Gasteiger partial charge is 0.310 e. The second-order valence-corrected chi connectivity index (χ2v) is 15.0. The molecule has 3 aliphatic rings. The van der Waals surface area contributed by atoms with E-state index in [9.17, 15) is 19.4 Å². The van der Waals surface area contributed by atoms with Crippen LogP contribution in [0.4, 0.5) is 8.78 Å². The molecule has 0 unspecified atom stereocenters. The molecular formula is C37H43F2NO6. The lowest BCUT2D eigenvalue weighted by molar-refractivity contribution is -0.157. The molecule has 2 fully saturated rings. The van der Waals surface area contributed by atoms with Crippen LogP contribution in [0, 0.1) is 43.2 Å². The zero-order chi connectivity index (χ0) is 33.3. The maximum absolute atomic E-state index is 15.2. The van der Waals surface area contributed by atoms with Crippen LogP contribution in [0.3, 0.4) is 0 Å². The number of carbonyl (C=O) groups is 1. The summed E-state index contributed by atoms with van der Waals surface area (Å²) in [7, 11) is 0. The molecular weight excluding hydrogens is 592 g/mol. The van der Waals surface area contributed by atoms with Gasteiger partial charge in [-0.3, -0.25) is 4.79 Å². The molecule has 0 amide bonds. The number of halogens is 2. The van der Waals surface area contributed by atoms with E-state index in [-0.39, 0.29) is 47.4 Å². The average Bonchev–Trinajstić information content (AvgIpc) is 3.44. The van der Waals surface area contributed by atoms with E-state index in [1.807, 2.05) is 52.8 Å². The van der Waals surface area contributed by atoms with Crippen molar-refractivity contribution < 1.29 is 38.0 Å². The number of aliphatic hydroxyl groups is 2. The molecule has 2 saturated carbocycles. The number of nitrogens with zero attached hydrogens (tertiary/aromatic N) is 1. The fourth-order valence-electron chi connectivity index (χ4n) is 7.49. The van der Waals surface area contributed by atoms with Crippen molar-refractivity contribution in [1.82, 2.24) is 4.98 Å². The van der Waals surface area contributed by atoms with E-state index in [1.54, 1.807) is 20.0 Å². The highest BCUT2D eigenvalue weighted by Gasteiger charge is 2.61. The number of aromatic nitrogens is 1. The molecule has 246 valence electrons. The summed E-state index contributed by atoms with van der Waals surface area (Å²) >= 11 is 0. The summed E-state index contributed by atoms with van der Waals surface area (Å²) in [5.41, 5.74) is 1.85. The Morgan fingerprint density at radius 1 is 0.978 bits per heavy atom. The van der Waals surface area contributed by atoms with Crippen molar-refractivity contribution in [3.63, 3.8) is 0 Å². The molecule has 9 heteroatoms. The number of esters is 1. The molecule has 1 aromatic heterocycles. The van der Waals surface area contributed by atoms with Crippen LogP contribution in [0.1, 0.15) is 81.2 Å². The lowest BCUT2D eigenvalue weighted by atomic mass is 9.90. The van der Waals surface area contributed by atoms with Gasteiger partial charge >= 0.3 is 5.97 Å². The lowest BCUT2D eigenvalue weighted by Crippen LogP contribution is -2.44. The summed E-state index contributed by atoms with van der Waals surface area (Å²) < 4.78 is 47.7. The van der Waals surface area contributed by atoms with Crippen molar-refractivity contribution in [3.8, 4) is 22.8 Å². The van der Waals surface area contributed by atoms with Crippen molar-refractivity contribution >= 4 is 5.97 Å². The first kappa shape index (κ1) is 32.4. The summed E-state index contributed by atoms with van der Waals surface area (Å²) in [5, 5.41) is 21.0. The maximum atomic E-state index is 15.2. The van der Waals surface area contributed by atoms with Gasteiger partial charge in [0.25, 0.3) is 0 Å². The van der Waals surface area contributed by atoms with E-state index in [0.29, 0.717) is 36.6 Å². The minimum Gasteiger partial charge on any atom is -0.493 e. The third-order valence-electron chi connectivity index (χ3n) is 9.97. The highest BCUT2D eigenvalue weighted by molar-refractivity contribution is 5.80. The maximum Gasteiger partial charge on any atom is 0.310 e. The summed E-state index contributed by atoms with van der Waals surface area (Å²) in [6.45, 7) is 12.8. The zero-order valence-electron chi connectivity index (χ0n) is 27.5. The second kappa shape index (κ2) is 11.3. The van der Waals surface area contributed by atoms with Crippen LogP contribution in [0.15, 0.2) is 36.5 Å². The highest BCUT2D eigenvalue weighted by atomic mass is 19.1. The average molecular weight is 636 g/mol. The van der Waals surface area contributed by atoms with Gasteiger partial charge in [0.05, 0.1) is 23.7 Å². The predicted octanol–water partition coefficient (Wildman–Crippen LogP) is 6.74. The van der Waals surface area contributed by atoms with Gasteiger partial charge in [-0.25, -0.2) is 13.8 Å². The Balaban J connectivity index is 1.13. The summed E-state index contributed by atoms with van der Waals surface area (Å²) in [5.74, 6) is -0.428. The van der Waals surface area contributed by atoms with Gasteiger partial charge in [-0.05, 0) is 126 Å². The lowest BCUT2D eigenvalue weighted by Gasteiger charge is -2.31. The minimum absolute atomic E-state index is 0.0117. The van der Waals surface area contributed by atoms with E-state index >= 15 is 4.39 Å². The number of aryl methyl sites for hydroxylation is 2. The standard InChI is InChI=1S/C37H43F2NO6/c1-19-8-24(44-17-21-14-36(6,42)37(7,43)15-21)9-20(2)31(19)25-11-23(28(38)13-29(25)39)18-45-30-12-22-10-26-32(27(22)16-40-30)33(26)34(41)46-35(3,4)5/h8-9,11-13,16,21,26,32-33,42-43H,10,14-15,17-18H2,1-7H3/t21-,26-,32-,33+,36-,37+/m1/s1. The topological polar surface area (TPSA) is 98.1 Å². The van der Waals surface area contributed by atoms with Crippen molar-refractivity contribution in [2.75, 3.05) is 6.61 Å². The number of fused-ring (bicyclic) bond motifs is 3. The summed E-state index contributed by atoms with van der Waals surface area (Å²) in [6.07, 6.45) is 3.33. The number of rotatable bonds is 8. The number of ether oxygens (including phenoxy) is 3. The second-order valence-electron chi connectivity index (χ2n) is 15.0. The van der Waals surface area contributed by atoms with E-state index in [2.05, 4.69) is 4.98 Å². The first-order valence-electron chi connectivity index (χ1n) is 16.0. The molecule has 7 nitrogen and oxygen atoms in total. The van der Waals surface area contributed by atoms with Gasteiger partial charge in [0.15, 0.2) is 0 Å². The van der Waals surface area contributed by atoms with E-state index in [0.717, 1.165) is 34.7 Å². The van der Waals surface area contributed by atoms with Crippen LogP contribution in [-0.2, 0) is 22.6 Å². The SMILES string of the molecule is Cc1cc(OC[C@H]2C[C@](C)(O)[C@](C)(O)C2)cc(C)c1-c1cc(COc2cc3c(cn2)[C@H]2[C@@H](C3)[C@@H]2C(=O)OC(C)(C)C)c(F)cc1F. The first-order valence-corrected chi connectivity index (χ1v) is 16.0. The third kappa shape index (κ3) is 6.11. The van der Waals surface area contributed by atoms with Crippen LogP contribution >= 0.6 is 0 Å². The van der Waals surface area contributed by atoms with Gasteiger partial charge in [-0.2, -0.15) is 0 Å². The Morgan fingerprint density at radius 2 is 1.63 bits per heavy atom. The van der Waals surface area contributed by atoms with Crippen LogP contribution in [0.25, 0.3) is 11.1 Å². The molecule has 0 radical (unpaired) electrons. The molecule has 0 aliphatic heterocycles. The van der Waals surface area contributed by atoms with Crippen LogP contribution < -0.4 is 9.47 Å². The number of carbonyl (C=O) groups excluding carboxylic acids is 1. The zero-order valence-corrected chi connectivity index (χ0v) is 27.5. The Labute approximate surface area is 268 Å². The number of hydrogen-bond acceptors (Lipinski definition) is 7. The Kier molecular flexibility index (Phi) is 7.96. The minimum atomic E-state index is -1.18. The molecule has 2 aromatic carbocycles. The fraction of sp³-hybridized carbons (Fsp3) is 0.514. The fourth-order valence-corrected chi connectivity index (χ4v) is 7.49. The van der Waals surface area contributed by atoms with Crippen LogP contribution in [0.5, 0.6) is 11.6 Å². The van der Waals surface area contributed by atoms with E-state index in [1.165, 1.54) is 6.07 Å². The van der Waals surface area contributed by atoms with Gasteiger partial charge in [-0.1, -0.05) is 0 Å². The molecule has 3 aromatic rings. The van der Waals surface area contributed by atoms with Gasteiger partial charge in [0.2, 0.25) is 5.88 Å². The molecule has 3 aliphatic carbocycles. The molecule has 0 spiro atoms. The van der Waals surface area contributed by atoms with Gasteiger partial charge in [-0.15, -0.1) is 0 Å². The van der Waals surface area contributed by atoms with Crippen LogP contribution in [-0.4, -0.2) is 44.6 Å². The monoisotopic (exact) mass is 635 g/mol. The number of pyridine rings is 1. The molecule has 6 atom stereocenters. The number of hydrogen-bond donors (Lipinski definition) is 2. The molecule has 6 rings (SSSR count). The van der Waals surface area contributed by atoms with Crippen molar-refractivity contribution in [2.45, 2.75) is 97.1 Å².